The molecule has 2 rings (SSSR count). The van der Waals surface area contributed by atoms with Crippen molar-refractivity contribution in [2.45, 2.75) is 0 Å². The summed E-state index contributed by atoms with van der Waals surface area (Å²) >= 11 is 9.16. The number of halogens is 2. The van der Waals surface area contributed by atoms with Crippen molar-refractivity contribution in [1.29, 1.82) is 0 Å². The second-order valence-electron chi connectivity index (χ2n) is 4.09. The Morgan fingerprint density at radius 1 is 1.24 bits per heavy atom. The van der Waals surface area contributed by atoms with Gasteiger partial charge in [0.05, 0.1) is 9.95 Å². The van der Waals surface area contributed by atoms with Crippen molar-refractivity contribution in [3.8, 4) is 5.75 Å². The van der Waals surface area contributed by atoms with Crippen molar-refractivity contribution in [3.63, 3.8) is 0 Å². The number of Topliss-reactive ketones (excluding diaryl/α,β-unsaturated/α-hetero) is 1. The van der Waals surface area contributed by atoms with Gasteiger partial charge in [0.2, 0.25) is 0 Å². The molecule has 0 saturated carbocycles. The monoisotopic (exact) mass is 369 g/mol. The van der Waals surface area contributed by atoms with E-state index in [1.54, 1.807) is 24.3 Å². The van der Waals surface area contributed by atoms with Crippen molar-refractivity contribution in [2.24, 2.45) is 0 Å². The third kappa shape index (κ3) is 4.03. The van der Waals surface area contributed by atoms with Gasteiger partial charge in [-0.1, -0.05) is 39.7 Å². The van der Waals surface area contributed by atoms with Crippen LogP contribution in [0, 0.1) is 10.1 Å². The highest BCUT2D eigenvalue weighted by Crippen LogP contribution is 2.28. The molecule has 0 heterocycles. The summed E-state index contributed by atoms with van der Waals surface area (Å²) in [4.78, 5) is 22.0. The molecule has 0 saturated heterocycles. The summed E-state index contributed by atoms with van der Waals surface area (Å²) < 4.78 is 6.18. The van der Waals surface area contributed by atoms with Gasteiger partial charge < -0.3 is 4.74 Å². The van der Waals surface area contributed by atoms with E-state index >= 15 is 0 Å². The van der Waals surface area contributed by atoms with Gasteiger partial charge >= 0.3 is 0 Å². The number of hydrogen-bond donors (Lipinski definition) is 0. The minimum absolute atomic E-state index is 0.0906. The number of hydrogen-bond acceptors (Lipinski definition) is 4. The fourth-order valence-electron chi connectivity index (χ4n) is 1.58. The number of rotatable bonds is 5. The molecular formula is C14H9BrClNO4. The molecule has 2 aromatic carbocycles. The molecule has 7 heteroatoms. The quantitative estimate of drug-likeness (QED) is 0.448. The summed E-state index contributed by atoms with van der Waals surface area (Å²) in [6.45, 7) is -0.195. The Labute approximate surface area is 133 Å². The molecule has 21 heavy (non-hydrogen) atoms. The van der Waals surface area contributed by atoms with Gasteiger partial charge in [0.1, 0.15) is 5.75 Å². The summed E-state index contributed by atoms with van der Waals surface area (Å²) in [5, 5.41) is 10.7. The molecule has 0 bridgehead atoms. The number of carbonyl (C=O) groups is 1. The van der Waals surface area contributed by atoms with Crippen LogP contribution < -0.4 is 4.74 Å². The van der Waals surface area contributed by atoms with Crippen molar-refractivity contribution in [3.05, 3.63) is 67.6 Å². The molecule has 0 radical (unpaired) electrons. The molecule has 0 aliphatic rings. The lowest BCUT2D eigenvalue weighted by atomic mass is 10.1. The predicted molar refractivity (Wildman–Crippen MR) is 82.1 cm³/mol. The van der Waals surface area contributed by atoms with Gasteiger partial charge in [-0.3, -0.25) is 14.9 Å². The molecule has 2 aromatic rings. The second-order valence-corrected chi connectivity index (χ2v) is 5.41. The van der Waals surface area contributed by atoms with Crippen LogP contribution in [0.5, 0.6) is 5.75 Å². The average Bonchev–Trinajstić information content (AvgIpc) is 2.46. The molecule has 0 fully saturated rings. The lowest BCUT2D eigenvalue weighted by Crippen LogP contribution is -2.11. The standard InChI is InChI=1S/C14H9BrClNO4/c15-10-3-1-9(2-4-10)13(18)8-21-14-6-5-11(17(19)20)7-12(14)16/h1-7H,8H2. The van der Waals surface area contributed by atoms with Gasteiger partial charge in [-0.15, -0.1) is 0 Å². The summed E-state index contributed by atoms with van der Waals surface area (Å²) in [5.74, 6) is 0.0182. The molecule has 0 aliphatic heterocycles. The first-order chi connectivity index (χ1) is 9.97. The summed E-state index contributed by atoms with van der Waals surface area (Å²) in [6.07, 6.45) is 0. The van der Waals surface area contributed by atoms with Crippen molar-refractivity contribution in [2.75, 3.05) is 6.61 Å². The first-order valence-corrected chi connectivity index (χ1v) is 7.00. The molecule has 5 nitrogen and oxygen atoms in total. The number of nitro groups is 1. The van der Waals surface area contributed by atoms with E-state index < -0.39 is 4.92 Å². The van der Waals surface area contributed by atoms with Gasteiger partial charge in [-0.2, -0.15) is 0 Å². The topological polar surface area (TPSA) is 69.4 Å². The number of carbonyl (C=O) groups excluding carboxylic acids is 1. The zero-order valence-electron chi connectivity index (χ0n) is 10.6. The Hall–Kier alpha value is -1.92. The maximum Gasteiger partial charge on any atom is 0.271 e. The first-order valence-electron chi connectivity index (χ1n) is 5.83. The molecule has 0 atom stereocenters. The van der Waals surface area contributed by atoms with Crippen LogP contribution in [0.25, 0.3) is 0 Å². The molecule has 0 unspecified atom stereocenters. The minimum atomic E-state index is -0.553. The van der Waals surface area contributed by atoms with Crippen LogP contribution in [0.1, 0.15) is 10.4 Å². The number of ketones is 1. The Morgan fingerprint density at radius 2 is 1.90 bits per heavy atom. The van der Waals surface area contributed by atoms with E-state index in [-0.39, 0.29) is 28.8 Å². The summed E-state index contributed by atoms with van der Waals surface area (Å²) in [5.41, 5.74) is 0.378. The minimum Gasteiger partial charge on any atom is -0.484 e. The highest BCUT2D eigenvalue weighted by Gasteiger charge is 2.12. The van der Waals surface area contributed by atoms with Crippen molar-refractivity contribution >= 4 is 39.0 Å². The number of benzene rings is 2. The van der Waals surface area contributed by atoms with Gasteiger partial charge in [-0.25, -0.2) is 0 Å². The Balaban J connectivity index is 2.04. The van der Waals surface area contributed by atoms with Crippen LogP contribution in [0.2, 0.25) is 5.02 Å². The predicted octanol–water partition coefficient (Wildman–Crippen LogP) is 4.27. The van der Waals surface area contributed by atoms with Crippen LogP contribution in [0.3, 0.4) is 0 Å². The van der Waals surface area contributed by atoms with Crippen LogP contribution in [0.15, 0.2) is 46.9 Å². The SMILES string of the molecule is O=C(COc1ccc([N+](=O)[O-])cc1Cl)c1ccc(Br)cc1. The molecule has 0 spiro atoms. The van der Waals surface area contributed by atoms with E-state index in [2.05, 4.69) is 15.9 Å². The number of ether oxygens (including phenoxy) is 1. The fraction of sp³-hybridized carbons (Fsp3) is 0.0714. The summed E-state index contributed by atoms with van der Waals surface area (Å²) in [6, 6.07) is 10.7. The molecule has 108 valence electrons. The number of non-ortho nitro benzene ring substituents is 1. The first kappa shape index (κ1) is 15.5. The zero-order valence-corrected chi connectivity index (χ0v) is 12.9. The van der Waals surface area contributed by atoms with Crippen LogP contribution >= 0.6 is 27.5 Å². The lowest BCUT2D eigenvalue weighted by Gasteiger charge is -2.07. The highest BCUT2D eigenvalue weighted by molar-refractivity contribution is 9.10. The van der Waals surface area contributed by atoms with Crippen molar-refractivity contribution in [1.82, 2.24) is 0 Å². The van der Waals surface area contributed by atoms with Crippen LogP contribution in [0.4, 0.5) is 5.69 Å². The molecular weight excluding hydrogens is 362 g/mol. The van der Waals surface area contributed by atoms with Gasteiger partial charge in [-0.05, 0) is 18.2 Å². The third-order valence-electron chi connectivity index (χ3n) is 2.65. The van der Waals surface area contributed by atoms with Crippen LogP contribution in [-0.4, -0.2) is 17.3 Å². The van der Waals surface area contributed by atoms with Crippen molar-refractivity contribution < 1.29 is 14.5 Å². The second kappa shape index (κ2) is 6.69. The van der Waals surface area contributed by atoms with Gasteiger partial charge in [0.25, 0.3) is 5.69 Å². The maximum atomic E-state index is 11.9. The Bertz CT molecular complexity index is 688. The van der Waals surface area contributed by atoms with E-state index in [0.29, 0.717) is 5.56 Å². The highest BCUT2D eigenvalue weighted by atomic mass is 79.9. The number of nitro benzene ring substituents is 1. The third-order valence-corrected chi connectivity index (χ3v) is 3.48. The molecule has 0 aliphatic carbocycles. The van der Waals surface area contributed by atoms with E-state index in [1.807, 2.05) is 0 Å². The molecule has 0 N–H and O–H groups in total. The Morgan fingerprint density at radius 3 is 2.48 bits per heavy atom. The maximum absolute atomic E-state index is 11.9. The fourth-order valence-corrected chi connectivity index (χ4v) is 2.08. The van der Waals surface area contributed by atoms with Crippen LogP contribution in [-0.2, 0) is 0 Å². The van der Waals surface area contributed by atoms with Gasteiger partial charge in [0, 0.05) is 22.2 Å². The van der Waals surface area contributed by atoms with E-state index in [4.69, 9.17) is 16.3 Å². The normalized spacial score (nSPS) is 10.2. The summed E-state index contributed by atoms with van der Waals surface area (Å²) in [7, 11) is 0. The largest absolute Gasteiger partial charge is 0.484 e. The lowest BCUT2D eigenvalue weighted by molar-refractivity contribution is -0.384. The molecule has 0 aromatic heterocycles. The number of nitrogens with zero attached hydrogens (tertiary/aromatic N) is 1. The van der Waals surface area contributed by atoms with E-state index in [0.717, 1.165) is 4.47 Å². The van der Waals surface area contributed by atoms with E-state index in [1.165, 1.54) is 18.2 Å². The zero-order chi connectivity index (χ0) is 15.4. The smallest absolute Gasteiger partial charge is 0.271 e. The van der Waals surface area contributed by atoms with Gasteiger partial charge in [0.15, 0.2) is 12.4 Å². The molecule has 0 amide bonds. The average molecular weight is 371 g/mol. The Kier molecular flexibility index (Phi) is 4.93. The van der Waals surface area contributed by atoms with E-state index in [9.17, 15) is 14.9 Å².